The predicted octanol–water partition coefficient (Wildman–Crippen LogP) is 0.743. The number of anilines is 1. The van der Waals surface area contributed by atoms with Crippen LogP contribution in [0, 0.1) is 0 Å². The van der Waals surface area contributed by atoms with Gasteiger partial charge in [0.2, 0.25) is 5.91 Å². The maximum absolute atomic E-state index is 12.4. The van der Waals surface area contributed by atoms with Crippen LogP contribution >= 0.6 is 0 Å². The molecule has 112 valence electrons. The Morgan fingerprint density at radius 1 is 1.43 bits per heavy atom. The SMILES string of the molecule is CCCNC(=O)CN(C)C(=O)c1n[nH]c2ccc(N)cc12. The number of amides is 2. The molecular weight excluding hydrogens is 270 g/mol. The van der Waals surface area contributed by atoms with Crippen LogP contribution in [0.1, 0.15) is 23.8 Å². The smallest absolute Gasteiger partial charge is 0.275 e. The number of nitrogens with one attached hydrogen (secondary N) is 2. The van der Waals surface area contributed by atoms with E-state index in [0.717, 1.165) is 11.9 Å². The normalized spacial score (nSPS) is 10.6. The third-order valence-electron chi connectivity index (χ3n) is 3.09. The van der Waals surface area contributed by atoms with E-state index in [1.54, 1.807) is 25.2 Å². The molecule has 0 bridgehead atoms. The molecule has 0 aliphatic rings. The fraction of sp³-hybridized carbons (Fsp3) is 0.357. The molecule has 0 aliphatic heterocycles. The van der Waals surface area contributed by atoms with Gasteiger partial charge in [-0.3, -0.25) is 14.7 Å². The number of nitrogen functional groups attached to an aromatic ring is 1. The molecule has 0 saturated carbocycles. The molecule has 7 heteroatoms. The van der Waals surface area contributed by atoms with Crippen LogP contribution in [0.3, 0.4) is 0 Å². The Balaban J connectivity index is 2.14. The molecule has 0 unspecified atom stereocenters. The Kier molecular flexibility index (Phi) is 4.42. The van der Waals surface area contributed by atoms with Gasteiger partial charge in [-0.2, -0.15) is 5.10 Å². The molecule has 0 radical (unpaired) electrons. The monoisotopic (exact) mass is 289 g/mol. The number of aromatic nitrogens is 2. The predicted molar refractivity (Wildman–Crippen MR) is 80.8 cm³/mol. The molecular formula is C14H19N5O2. The molecule has 0 saturated heterocycles. The lowest BCUT2D eigenvalue weighted by Gasteiger charge is -2.15. The number of likely N-dealkylation sites (N-methyl/N-ethyl adjacent to an activating group) is 1. The van der Waals surface area contributed by atoms with Gasteiger partial charge < -0.3 is 16.0 Å². The van der Waals surface area contributed by atoms with Gasteiger partial charge in [-0.05, 0) is 24.6 Å². The fourth-order valence-corrected chi connectivity index (χ4v) is 1.98. The number of aromatic amines is 1. The lowest BCUT2D eigenvalue weighted by atomic mass is 10.2. The number of H-pyrrole nitrogens is 1. The number of benzene rings is 1. The van der Waals surface area contributed by atoms with Crippen molar-refractivity contribution in [2.24, 2.45) is 0 Å². The van der Waals surface area contributed by atoms with Crippen LogP contribution in [0.25, 0.3) is 10.9 Å². The average molecular weight is 289 g/mol. The zero-order valence-corrected chi connectivity index (χ0v) is 12.1. The Morgan fingerprint density at radius 3 is 2.90 bits per heavy atom. The van der Waals surface area contributed by atoms with E-state index in [0.29, 0.717) is 17.6 Å². The molecule has 1 heterocycles. The molecule has 0 atom stereocenters. The second-order valence-electron chi connectivity index (χ2n) is 4.89. The minimum atomic E-state index is -0.321. The van der Waals surface area contributed by atoms with E-state index < -0.39 is 0 Å². The van der Waals surface area contributed by atoms with Crippen molar-refractivity contribution in [1.29, 1.82) is 0 Å². The van der Waals surface area contributed by atoms with Gasteiger partial charge >= 0.3 is 0 Å². The summed E-state index contributed by atoms with van der Waals surface area (Å²) in [7, 11) is 1.57. The van der Waals surface area contributed by atoms with Gasteiger partial charge in [0.1, 0.15) is 0 Å². The van der Waals surface area contributed by atoms with Crippen LogP contribution in [0.2, 0.25) is 0 Å². The first-order chi connectivity index (χ1) is 10.0. The highest BCUT2D eigenvalue weighted by Gasteiger charge is 2.20. The summed E-state index contributed by atoms with van der Waals surface area (Å²) in [5, 5.41) is 10.2. The average Bonchev–Trinajstić information content (AvgIpc) is 2.87. The molecule has 4 N–H and O–H groups in total. The molecule has 0 aliphatic carbocycles. The van der Waals surface area contributed by atoms with Crippen LogP contribution < -0.4 is 11.1 Å². The van der Waals surface area contributed by atoms with E-state index in [-0.39, 0.29) is 24.1 Å². The van der Waals surface area contributed by atoms with E-state index in [9.17, 15) is 9.59 Å². The number of fused-ring (bicyclic) bond motifs is 1. The quantitative estimate of drug-likeness (QED) is 0.706. The summed E-state index contributed by atoms with van der Waals surface area (Å²) in [5.74, 6) is -0.509. The molecule has 1 aromatic heterocycles. The molecule has 0 fully saturated rings. The Bertz CT molecular complexity index is 664. The lowest BCUT2D eigenvalue weighted by Crippen LogP contribution is -2.38. The van der Waals surface area contributed by atoms with Crippen LogP contribution in [0.15, 0.2) is 18.2 Å². The number of nitrogens with two attached hydrogens (primary N) is 1. The number of hydrogen-bond acceptors (Lipinski definition) is 4. The molecule has 2 rings (SSSR count). The van der Waals surface area contributed by atoms with Gasteiger partial charge in [-0.15, -0.1) is 0 Å². The summed E-state index contributed by atoms with van der Waals surface area (Å²) in [5.41, 5.74) is 7.29. The van der Waals surface area contributed by atoms with Gasteiger partial charge in [0.25, 0.3) is 5.91 Å². The maximum Gasteiger partial charge on any atom is 0.275 e. The standard InChI is InChI=1S/C14H19N5O2/c1-3-6-16-12(20)8-19(2)14(21)13-10-7-9(15)4-5-11(10)17-18-13/h4-5,7H,3,6,8,15H2,1-2H3,(H,16,20)(H,17,18). The van der Waals surface area contributed by atoms with E-state index in [2.05, 4.69) is 15.5 Å². The van der Waals surface area contributed by atoms with Crippen molar-refractivity contribution in [3.8, 4) is 0 Å². The van der Waals surface area contributed by atoms with Crippen LogP contribution in [-0.4, -0.2) is 47.0 Å². The molecule has 0 spiro atoms. The van der Waals surface area contributed by atoms with E-state index in [1.165, 1.54) is 4.90 Å². The van der Waals surface area contributed by atoms with Crippen LogP contribution in [-0.2, 0) is 4.79 Å². The molecule has 2 aromatic rings. The van der Waals surface area contributed by atoms with Gasteiger partial charge in [-0.1, -0.05) is 6.92 Å². The second-order valence-corrected chi connectivity index (χ2v) is 4.89. The van der Waals surface area contributed by atoms with Crippen molar-refractivity contribution in [2.75, 3.05) is 25.9 Å². The summed E-state index contributed by atoms with van der Waals surface area (Å²) in [6, 6.07) is 5.19. The van der Waals surface area contributed by atoms with E-state index >= 15 is 0 Å². The van der Waals surface area contributed by atoms with Crippen molar-refractivity contribution in [3.63, 3.8) is 0 Å². The van der Waals surface area contributed by atoms with Crippen molar-refractivity contribution >= 4 is 28.4 Å². The highest BCUT2D eigenvalue weighted by Crippen LogP contribution is 2.19. The minimum Gasteiger partial charge on any atom is -0.399 e. The topological polar surface area (TPSA) is 104 Å². The van der Waals surface area contributed by atoms with Gasteiger partial charge in [0.15, 0.2) is 5.69 Å². The first-order valence-corrected chi connectivity index (χ1v) is 6.78. The highest BCUT2D eigenvalue weighted by atomic mass is 16.2. The van der Waals surface area contributed by atoms with Crippen molar-refractivity contribution in [1.82, 2.24) is 20.4 Å². The number of nitrogens with zero attached hydrogens (tertiary/aromatic N) is 2. The van der Waals surface area contributed by atoms with Gasteiger partial charge in [0.05, 0.1) is 12.1 Å². The lowest BCUT2D eigenvalue weighted by molar-refractivity contribution is -0.121. The number of hydrogen-bond donors (Lipinski definition) is 3. The summed E-state index contributed by atoms with van der Waals surface area (Å²) < 4.78 is 0. The molecule has 1 aromatic carbocycles. The number of rotatable bonds is 5. The fourth-order valence-electron chi connectivity index (χ4n) is 1.98. The highest BCUT2D eigenvalue weighted by molar-refractivity contribution is 6.06. The third-order valence-corrected chi connectivity index (χ3v) is 3.09. The molecule has 2 amide bonds. The largest absolute Gasteiger partial charge is 0.399 e. The second kappa shape index (κ2) is 6.25. The Morgan fingerprint density at radius 2 is 2.19 bits per heavy atom. The van der Waals surface area contributed by atoms with E-state index in [4.69, 9.17) is 5.73 Å². The van der Waals surface area contributed by atoms with Crippen molar-refractivity contribution < 1.29 is 9.59 Å². The number of carbonyl (C=O) groups excluding carboxylic acids is 2. The maximum atomic E-state index is 12.4. The van der Waals surface area contributed by atoms with Crippen LogP contribution in [0.5, 0.6) is 0 Å². The van der Waals surface area contributed by atoms with Crippen LogP contribution in [0.4, 0.5) is 5.69 Å². The summed E-state index contributed by atoms with van der Waals surface area (Å²) >= 11 is 0. The third kappa shape index (κ3) is 3.31. The first-order valence-electron chi connectivity index (χ1n) is 6.78. The first kappa shape index (κ1) is 14.8. The molecule has 7 nitrogen and oxygen atoms in total. The summed E-state index contributed by atoms with van der Waals surface area (Å²) in [6.07, 6.45) is 0.854. The zero-order chi connectivity index (χ0) is 15.4. The Labute approximate surface area is 122 Å². The van der Waals surface area contributed by atoms with Crippen molar-refractivity contribution in [3.05, 3.63) is 23.9 Å². The molecule has 21 heavy (non-hydrogen) atoms. The Hall–Kier alpha value is -2.57. The minimum absolute atomic E-state index is 0.00446. The van der Waals surface area contributed by atoms with Gasteiger partial charge in [0, 0.05) is 24.7 Å². The van der Waals surface area contributed by atoms with Gasteiger partial charge in [-0.25, -0.2) is 0 Å². The zero-order valence-electron chi connectivity index (χ0n) is 12.1. The van der Waals surface area contributed by atoms with Crippen molar-refractivity contribution in [2.45, 2.75) is 13.3 Å². The van der Waals surface area contributed by atoms with E-state index in [1.807, 2.05) is 6.92 Å². The summed E-state index contributed by atoms with van der Waals surface area (Å²) in [4.78, 5) is 25.4. The number of carbonyl (C=O) groups is 2. The summed E-state index contributed by atoms with van der Waals surface area (Å²) in [6.45, 7) is 2.56.